The second-order valence-electron chi connectivity index (χ2n) is 14.9. The maximum atomic E-state index is 14.2. The van der Waals surface area contributed by atoms with Gasteiger partial charge in [0, 0.05) is 74.3 Å². The molecular weight excluding hydrogens is 754 g/mol. The van der Waals surface area contributed by atoms with Crippen molar-refractivity contribution in [1.82, 2.24) is 19.6 Å². The molecule has 0 aromatic heterocycles. The number of rotatable bonds is 6. The van der Waals surface area contributed by atoms with Crippen LogP contribution in [0.1, 0.15) is 63.8 Å². The smallest absolute Gasteiger partial charge is 0.417 e. The fraction of sp³-hybridized carbons (Fsp3) is 0.474. The topological polar surface area (TPSA) is 99.7 Å². The summed E-state index contributed by atoms with van der Waals surface area (Å²) >= 11 is 0.294. The number of alkyl halides is 6. The summed E-state index contributed by atoms with van der Waals surface area (Å²) < 4.78 is 96.1. The minimum atomic E-state index is -4.94. The van der Waals surface area contributed by atoms with E-state index in [2.05, 4.69) is 0 Å². The molecule has 0 spiro atoms. The zero-order valence-corrected chi connectivity index (χ0v) is 32.2. The molecule has 2 aliphatic rings. The van der Waals surface area contributed by atoms with Crippen molar-refractivity contribution in [2.45, 2.75) is 74.9 Å². The molecule has 55 heavy (non-hydrogen) atoms. The van der Waals surface area contributed by atoms with Crippen LogP contribution in [-0.2, 0) is 31.4 Å². The Labute approximate surface area is 320 Å². The Hall–Kier alpha value is -4.67. The molecule has 2 aliphatic heterocycles. The Bertz CT molecular complexity index is 1670. The molecule has 4 rings (SSSR count). The quantitative estimate of drug-likeness (QED) is 0.216. The predicted molar refractivity (Wildman–Crippen MR) is 194 cm³/mol. The lowest BCUT2D eigenvalue weighted by Gasteiger charge is -2.35. The first-order valence-electron chi connectivity index (χ1n) is 17.4. The molecule has 0 aliphatic carbocycles. The molecule has 0 bridgehead atoms. The summed E-state index contributed by atoms with van der Waals surface area (Å²) in [5.74, 6) is -0.968. The van der Waals surface area contributed by atoms with Crippen molar-refractivity contribution in [3.05, 3.63) is 70.8 Å². The lowest BCUT2D eigenvalue weighted by atomic mass is 10.1. The molecule has 4 amide bonds. The highest BCUT2D eigenvalue weighted by molar-refractivity contribution is 7.99. The van der Waals surface area contributed by atoms with Gasteiger partial charge in [-0.3, -0.25) is 9.59 Å². The van der Waals surface area contributed by atoms with Gasteiger partial charge in [0.25, 0.3) is 0 Å². The largest absolute Gasteiger partial charge is 0.444 e. The SMILES string of the molecule is CC(C)(C)OC(=O)N1CCN(C(=O)C=Cc2ccc(Sc3ccc(C=CC(=O)N4CCN(C(=O)OC(C)(C)C)CC4)cc3C(F)(F)F)c(C(F)(F)F)c2)CC1. The summed E-state index contributed by atoms with van der Waals surface area (Å²) in [7, 11) is 0. The fourth-order valence-corrected chi connectivity index (χ4v) is 6.54. The molecule has 2 fully saturated rings. The maximum absolute atomic E-state index is 14.2. The van der Waals surface area contributed by atoms with Gasteiger partial charge in [-0.25, -0.2) is 9.59 Å². The van der Waals surface area contributed by atoms with Crippen LogP contribution in [0, 0.1) is 0 Å². The molecule has 0 N–H and O–H groups in total. The Morgan fingerprint density at radius 1 is 0.545 bits per heavy atom. The Morgan fingerprint density at radius 2 is 0.855 bits per heavy atom. The number of carbonyl (C=O) groups excluding carboxylic acids is 4. The van der Waals surface area contributed by atoms with Gasteiger partial charge in [-0.1, -0.05) is 23.9 Å². The summed E-state index contributed by atoms with van der Waals surface area (Å²) in [6, 6.07) is 6.15. The van der Waals surface area contributed by atoms with E-state index < -0.39 is 68.5 Å². The number of benzene rings is 2. The van der Waals surface area contributed by atoms with Crippen molar-refractivity contribution in [2.75, 3.05) is 52.4 Å². The van der Waals surface area contributed by atoms with Crippen molar-refractivity contribution in [1.29, 1.82) is 0 Å². The van der Waals surface area contributed by atoms with E-state index in [1.807, 2.05) is 0 Å². The second-order valence-corrected chi connectivity index (χ2v) is 15.9. The van der Waals surface area contributed by atoms with E-state index in [4.69, 9.17) is 9.47 Å². The number of carbonyl (C=O) groups is 4. The molecule has 17 heteroatoms. The van der Waals surface area contributed by atoms with Crippen LogP contribution in [0.2, 0.25) is 0 Å². The Kier molecular flexibility index (Phi) is 13.3. The molecule has 0 radical (unpaired) electrons. The van der Waals surface area contributed by atoms with Crippen LogP contribution < -0.4 is 0 Å². The van der Waals surface area contributed by atoms with Gasteiger partial charge in [0.1, 0.15) is 11.2 Å². The van der Waals surface area contributed by atoms with E-state index in [1.165, 1.54) is 43.9 Å². The van der Waals surface area contributed by atoms with Gasteiger partial charge in [0.2, 0.25) is 11.8 Å². The van der Waals surface area contributed by atoms with E-state index in [0.29, 0.717) is 11.8 Å². The zero-order chi connectivity index (χ0) is 40.9. The van der Waals surface area contributed by atoms with Gasteiger partial charge in [-0.15, -0.1) is 0 Å². The van der Waals surface area contributed by atoms with Crippen molar-refractivity contribution in [3.63, 3.8) is 0 Å². The maximum Gasteiger partial charge on any atom is 0.417 e. The molecule has 300 valence electrons. The summed E-state index contributed by atoms with van der Waals surface area (Å²) in [6.07, 6.45) is -6.31. The third-order valence-corrected chi connectivity index (χ3v) is 9.31. The molecule has 10 nitrogen and oxygen atoms in total. The standard InChI is InChI=1S/C38H44F6N4O6S/c1-35(2,3)53-33(51)47-19-15-45(16-20-47)31(49)13-9-25-7-11-29(27(23-25)37(39,40)41)55-30-12-8-26(24-28(30)38(42,43)44)10-14-32(50)46-17-21-48(22-18-46)34(52)54-36(4,5)6/h7-14,23-24H,15-22H2,1-6H3. The van der Waals surface area contributed by atoms with Gasteiger partial charge in [0.15, 0.2) is 0 Å². The van der Waals surface area contributed by atoms with Gasteiger partial charge in [-0.2, -0.15) is 26.3 Å². The molecule has 2 saturated heterocycles. The average Bonchev–Trinajstić information content (AvgIpc) is 3.08. The Morgan fingerprint density at radius 3 is 1.15 bits per heavy atom. The van der Waals surface area contributed by atoms with Crippen LogP contribution in [0.15, 0.2) is 58.3 Å². The number of amides is 4. The van der Waals surface area contributed by atoms with Crippen LogP contribution in [0.4, 0.5) is 35.9 Å². The molecule has 0 saturated carbocycles. The number of ether oxygens (including phenoxy) is 2. The number of nitrogens with zero attached hydrogens (tertiary/aromatic N) is 4. The first kappa shape index (κ1) is 43.1. The zero-order valence-electron chi connectivity index (χ0n) is 31.3. The summed E-state index contributed by atoms with van der Waals surface area (Å²) in [5.41, 5.74) is -3.74. The highest BCUT2D eigenvalue weighted by Gasteiger charge is 2.37. The third kappa shape index (κ3) is 12.7. The van der Waals surface area contributed by atoms with Crippen LogP contribution in [0.3, 0.4) is 0 Å². The summed E-state index contributed by atoms with van der Waals surface area (Å²) in [5, 5.41) is 0. The number of halogens is 6. The number of piperazine rings is 2. The Balaban J connectivity index is 1.43. The van der Waals surface area contributed by atoms with E-state index >= 15 is 0 Å². The average molecular weight is 799 g/mol. The molecular formula is C38H44F6N4O6S. The van der Waals surface area contributed by atoms with Gasteiger partial charge >= 0.3 is 24.5 Å². The molecule has 2 aromatic carbocycles. The first-order chi connectivity index (χ1) is 25.4. The second kappa shape index (κ2) is 17.0. The van der Waals surface area contributed by atoms with E-state index in [0.717, 1.165) is 36.4 Å². The normalized spacial score (nSPS) is 16.2. The minimum absolute atomic E-state index is 0.00451. The number of hydrogen-bond acceptors (Lipinski definition) is 7. The highest BCUT2D eigenvalue weighted by Crippen LogP contribution is 2.44. The fourth-order valence-electron chi connectivity index (χ4n) is 5.46. The lowest BCUT2D eigenvalue weighted by Crippen LogP contribution is -2.51. The van der Waals surface area contributed by atoms with E-state index in [1.54, 1.807) is 41.5 Å². The van der Waals surface area contributed by atoms with Crippen molar-refractivity contribution >= 4 is 47.9 Å². The first-order valence-corrected chi connectivity index (χ1v) is 18.2. The molecule has 2 aromatic rings. The monoisotopic (exact) mass is 798 g/mol. The van der Waals surface area contributed by atoms with E-state index in [9.17, 15) is 45.5 Å². The van der Waals surface area contributed by atoms with Crippen molar-refractivity contribution in [3.8, 4) is 0 Å². The van der Waals surface area contributed by atoms with Crippen LogP contribution in [0.25, 0.3) is 12.2 Å². The van der Waals surface area contributed by atoms with Crippen LogP contribution in [-0.4, -0.2) is 107 Å². The van der Waals surface area contributed by atoms with Gasteiger partial charge in [0.05, 0.1) is 11.1 Å². The van der Waals surface area contributed by atoms with Gasteiger partial charge < -0.3 is 29.1 Å². The summed E-state index contributed by atoms with van der Waals surface area (Å²) in [6.45, 7) is 12.0. The minimum Gasteiger partial charge on any atom is -0.444 e. The highest BCUT2D eigenvalue weighted by atomic mass is 32.2. The summed E-state index contributed by atoms with van der Waals surface area (Å²) in [4.78, 5) is 55.0. The van der Waals surface area contributed by atoms with Crippen LogP contribution >= 0.6 is 11.8 Å². The molecule has 0 atom stereocenters. The van der Waals surface area contributed by atoms with Crippen LogP contribution in [0.5, 0.6) is 0 Å². The molecule has 0 unspecified atom stereocenters. The molecule has 2 heterocycles. The predicted octanol–water partition coefficient (Wildman–Crippen LogP) is 8.06. The lowest BCUT2D eigenvalue weighted by molar-refractivity contribution is -0.140. The van der Waals surface area contributed by atoms with Crippen molar-refractivity contribution < 1.29 is 55.0 Å². The third-order valence-electron chi connectivity index (χ3n) is 8.16. The van der Waals surface area contributed by atoms with E-state index in [-0.39, 0.29) is 63.5 Å². The van der Waals surface area contributed by atoms with Gasteiger partial charge in [-0.05, 0) is 89.1 Å². The van der Waals surface area contributed by atoms with Crippen molar-refractivity contribution in [2.24, 2.45) is 0 Å². The number of hydrogen-bond donors (Lipinski definition) is 0.